The zero-order valence-corrected chi connectivity index (χ0v) is 17.2. The van der Waals surface area contributed by atoms with E-state index in [2.05, 4.69) is 25.7 Å². The van der Waals surface area contributed by atoms with E-state index < -0.39 is 11.6 Å². The highest BCUT2D eigenvalue weighted by atomic mass is 16.3. The van der Waals surface area contributed by atoms with Gasteiger partial charge in [-0.15, -0.1) is 10.2 Å². The average Bonchev–Trinajstić information content (AvgIpc) is 3.36. The second-order valence-corrected chi connectivity index (χ2v) is 8.31. The molecule has 30 heavy (non-hydrogen) atoms. The molecule has 9 heteroatoms. The van der Waals surface area contributed by atoms with E-state index in [1.54, 1.807) is 6.92 Å². The van der Waals surface area contributed by atoms with Crippen LogP contribution in [0.2, 0.25) is 0 Å². The van der Waals surface area contributed by atoms with E-state index in [0.29, 0.717) is 5.82 Å². The average molecular weight is 408 g/mol. The minimum absolute atomic E-state index is 0.0746. The van der Waals surface area contributed by atoms with E-state index in [-0.39, 0.29) is 11.8 Å². The molecule has 2 N–H and O–H groups in total. The number of furan rings is 1. The Hall–Kier alpha value is -3.36. The molecule has 3 aromatic rings. The lowest BCUT2D eigenvalue weighted by atomic mass is 9.79. The Bertz CT molecular complexity index is 1160. The Morgan fingerprint density at radius 3 is 2.57 bits per heavy atom. The monoisotopic (exact) mass is 408 g/mol. The molecule has 1 unspecified atom stereocenters. The van der Waals surface area contributed by atoms with Crippen LogP contribution in [0.15, 0.2) is 28.7 Å². The van der Waals surface area contributed by atoms with Crippen molar-refractivity contribution in [1.82, 2.24) is 25.4 Å². The highest BCUT2D eigenvalue weighted by molar-refractivity contribution is 6.07. The van der Waals surface area contributed by atoms with E-state index >= 15 is 0 Å². The van der Waals surface area contributed by atoms with Gasteiger partial charge >= 0.3 is 6.03 Å². The molecule has 0 spiro atoms. The fourth-order valence-electron chi connectivity index (χ4n) is 4.68. The first kappa shape index (κ1) is 18.7. The van der Waals surface area contributed by atoms with E-state index in [1.807, 2.05) is 42.8 Å². The van der Waals surface area contributed by atoms with Gasteiger partial charge in [0, 0.05) is 31.1 Å². The van der Waals surface area contributed by atoms with Crippen molar-refractivity contribution in [1.29, 1.82) is 0 Å². The summed E-state index contributed by atoms with van der Waals surface area (Å²) in [7, 11) is 1.94. The second kappa shape index (κ2) is 6.58. The maximum Gasteiger partial charge on any atom is 0.322 e. The lowest BCUT2D eigenvalue weighted by Crippen LogP contribution is -2.54. The van der Waals surface area contributed by atoms with E-state index in [9.17, 15) is 9.59 Å². The number of urea groups is 1. The van der Waals surface area contributed by atoms with Gasteiger partial charge in [0.2, 0.25) is 11.8 Å². The maximum atomic E-state index is 12.2. The molecule has 1 atom stereocenters. The Morgan fingerprint density at radius 1 is 1.17 bits per heavy atom. The van der Waals surface area contributed by atoms with Gasteiger partial charge in [-0.3, -0.25) is 14.7 Å². The number of fused-ring (bicyclic) bond motifs is 1. The highest BCUT2D eigenvalue weighted by Gasteiger charge is 2.48. The lowest BCUT2D eigenvalue weighted by Gasteiger charge is -2.38. The molecule has 0 saturated carbocycles. The van der Waals surface area contributed by atoms with Crippen molar-refractivity contribution in [3.63, 3.8) is 0 Å². The Morgan fingerprint density at radius 2 is 1.90 bits per heavy atom. The van der Waals surface area contributed by atoms with Crippen LogP contribution in [0, 0.1) is 12.8 Å². The molecule has 2 aromatic heterocycles. The standard InChI is InChI=1S/C21H24N6O3/c1-12-14-6-4-5-7-15(14)30-16(12)17-24-25-20(26(17)3)27-10-8-13(9-11-27)21(2)18(28)22-19(29)23-21/h4-7,13H,8-11H2,1-3H3,(H2,22,23,28,29). The number of aryl methyl sites for hydroxylation is 1. The molecule has 1 aromatic carbocycles. The molecule has 0 bridgehead atoms. The van der Waals surface area contributed by atoms with Crippen LogP contribution in [0.5, 0.6) is 0 Å². The van der Waals surface area contributed by atoms with Crippen molar-refractivity contribution in [3.05, 3.63) is 29.8 Å². The van der Waals surface area contributed by atoms with Crippen LogP contribution in [0.4, 0.5) is 10.7 Å². The predicted octanol–water partition coefficient (Wildman–Crippen LogP) is 2.35. The third-order valence-corrected chi connectivity index (χ3v) is 6.56. The van der Waals surface area contributed by atoms with Crippen LogP contribution in [0.1, 0.15) is 25.3 Å². The fraction of sp³-hybridized carbons (Fsp3) is 0.429. The van der Waals surface area contributed by atoms with E-state index in [0.717, 1.165) is 54.2 Å². The first-order valence-corrected chi connectivity index (χ1v) is 10.1. The maximum absolute atomic E-state index is 12.2. The van der Waals surface area contributed by atoms with E-state index in [1.165, 1.54) is 0 Å². The van der Waals surface area contributed by atoms with Gasteiger partial charge in [-0.2, -0.15) is 0 Å². The van der Waals surface area contributed by atoms with Crippen LogP contribution in [-0.2, 0) is 11.8 Å². The van der Waals surface area contributed by atoms with Gasteiger partial charge in [-0.05, 0) is 38.7 Å². The molecule has 2 saturated heterocycles. The molecular formula is C21H24N6O3. The molecule has 2 aliphatic heterocycles. The molecule has 2 aliphatic rings. The summed E-state index contributed by atoms with van der Waals surface area (Å²) in [6, 6.07) is 7.53. The van der Waals surface area contributed by atoms with Crippen LogP contribution in [-0.4, -0.2) is 45.3 Å². The normalized spacial score (nSPS) is 22.6. The van der Waals surface area contributed by atoms with Crippen molar-refractivity contribution >= 4 is 28.9 Å². The molecule has 0 radical (unpaired) electrons. The first-order valence-electron chi connectivity index (χ1n) is 10.1. The van der Waals surface area contributed by atoms with Crippen molar-refractivity contribution in [3.8, 4) is 11.6 Å². The number of carbonyl (C=O) groups excluding carboxylic acids is 2. The van der Waals surface area contributed by atoms with Crippen molar-refractivity contribution < 1.29 is 14.0 Å². The quantitative estimate of drug-likeness (QED) is 0.645. The van der Waals surface area contributed by atoms with Crippen LogP contribution >= 0.6 is 0 Å². The number of hydrogen-bond acceptors (Lipinski definition) is 6. The minimum Gasteiger partial charge on any atom is -0.452 e. The zero-order valence-electron chi connectivity index (χ0n) is 17.2. The number of nitrogens with zero attached hydrogens (tertiary/aromatic N) is 4. The number of hydrogen-bond donors (Lipinski definition) is 2. The molecule has 9 nitrogen and oxygen atoms in total. The van der Waals surface area contributed by atoms with Crippen LogP contribution in [0.25, 0.3) is 22.6 Å². The summed E-state index contributed by atoms with van der Waals surface area (Å²) >= 11 is 0. The van der Waals surface area contributed by atoms with Gasteiger partial charge in [0.15, 0.2) is 5.76 Å². The van der Waals surface area contributed by atoms with Crippen LogP contribution < -0.4 is 15.5 Å². The van der Waals surface area contributed by atoms with Gasteiger partial charge in [0.1, 0.15) is 11.1 Å². The van der Waals surface area contributed by atoms with Gasteiger partial charge in [0.05, 0.1) is 0 Å². The third kappa shape index (κ3) is 2.68. The summed E-state index contributed by atoms with van der Waals surface area (Å²) in [4.78, 5) is 26.0. The van der Waals surface area contributed by atoms with Crippen LogP contribution in [0.3, 0.4) is 0 Å². The van der Waals surface area contributed by atoms with Crippen molar-refractivity contribution in [2.24, 2.45) is 13.0 Å². The third-order valence-electron chi connectivity index (χ3n) is 6.56. The number of carbonyl (C=O) groups is 2. The summed E-state index contributed by atoms with van der Waals surface area (Å²) in [5.74, 6) is 2.02. The molecule has 5 rings (SSSR count). The van der Waals surface area contributed by atoms with Gasteiger partial charge < -0.3 is 14.6 Å². The minimum atomic E-state index is -0.848. The topological polar surface area (TPSA) is 105 Å². The number of aromatic nitrogens is 3. The molecule has 4 heterocycles. The highest BCUT2D eigenvalue weighted by Crippen LogP contribution is 2.35. The second-order valence-electron chi connectivity index (χ2n) is 8.31. The lowest BCUT2D eigenvalue weighted by molar-refractivity contribution is -0.125. The smallest absolute Gasteiger partial charge is 0.322 e. The summed E-state index contributed by atoms with van der Waals surface area (Å²) in [6.07, 6.45) is 1.55. The number of para-hydroxylation sites is 1. The van der Waals surface area contributed by atoms with Gasteiger partial charge in [-0.25, -0.2) is 4.79 Å². The number of rotatable bonds is 3. The van der Waals surface area contributed by atoms with Gasteiger partial charge in [-0.1, -0.05) is 18.2 Å². The fourth-order valence-corrected chi connectivity index (χ4v) is 4.68. The molecular weight excluding hydrogens is 384 g/mol. The Kier molecular flexibility index (Phi) is 4.09. The predicted molar refractivity (Wildman–Crippen MR) is 111 cm³/mol. The summed E-state index contributed by atoms with van der Waals surface area (Å²) in [6.45, 7) is 5.30. The van der Waals surface area contributed by atoms with Gasteiger partial charge in [0.25, 0.3) is 5.91 Å². The molecule has 2 fully saturated rings. The largest absolute Gasteiger partial charge is 0.452 e. The Labute approximate surface area is 173 Å². The number of benzene rings is 1. The number of amides is 3. The zero-order chi connectivity index (χ0) is 21.0. The molecule has 156 valence electrons. The first-order chi connectivity index (χ1) is 14.4. The number of imide groups is 1. The summed E-state index contributed by atoms with van der Waals surface area (Å²) < 4.78 is 8.01. The molecule has 3 amide bonds. The number of nitrogens with one attached hydrogen (secondary N) is 2. The van der Waals surface area contributed by atoms with Crippen molar-refractivity contribution in [2.45, 2.75) is 32.2 Å². The Balaban J connectivity index is 1.37. The summed E-state index contributed by atoms with van der Waals surface area (Å²) in [5, 5.41) is 15.1. The van der Waals surface area contributed by atoms with Crippen molar-refractivity contribution in [2.75, 3.05) is 18.0 Å². The molecule has 0 aliphatic carbocycles. The summed E-state index contributed by atoms with van der Waals surface area (Å²) in [5.41, 5.74) is 1.03. The number of piperidine rings is 1. The van der Waals surface area contributed by atoms with E-state index in [4.69, 9.17) is 4.42 Å². The SMILES string of the molecule is Cc1c(-c2nnc(N3CCC(C4(C)NC(=O)NC4=O)CC3)n2C)oc2ccccc12. The number of anilines is 1.